The summed E-state index contributed by atoms with van der Waals surface area (Å²) in [5.74, 6) is -0.397. The molecular weight excluding hydrogens is 268 g/mol. The van der Waals surface area contributed by atoms with Crippen molar-refractivity contribution in [2.45, 2.75) is 54.1 Å². The largest absolute Gasteiger partial charge is 0.462 e. The predicted molar refractivity (Wildman–Crippen MR) is 81.5 cm³/mol. The molecule has 0 aromatic heterocycles. The van der Waals surface area contributed by atoms with Crippen molar-refractivity contribution in [3.05, 3.63) is 12.2 Å². The Morgan fingerprint density at radius 1 is 1.24 bits per heavy atom. The molecule has 0 spiro atoms. The molecule has 0 amide bonds. The second kappa shape index (κ2) is 6.20. The van der Waals surface area contributed by atoms with Gasteiger partial charge in [-0.2, -0.15) is 0 Å². The highest BCUT2D eigenvalue weighted by Gasteiger charge is 2.61. The van der Waals surface area contributed by atoms with Gasteiger partial charge in [0.1, 0.15) is 5.60 Å². The average Bonchev–Trinajstić information content (AvgIpc) is 2.83. The average molecular weight is 296 g/mol. The first-order valence-corrected chi connectivity index (χ1v) is 7.53. The van der Waals surface area contributed by atoms with Gasteiger partial charge < -0.3 is 9.47 Å². The van der Waals surface area contributed by atoms with Gasteiger partial charge in [-0.25, -0.2) is 4.79 Å². The highest BCUT2D eigenvalue weighted by molar-refractivity contribution is 5.83. The van der Waals surface area contributed by atoms with Gasteiger partial charge in [-0.1, -0.05) is 33.8 Å². The third-order valence-electron chi connectivity index (χ3n) is 3.57. The Labute approximate surface area is 127 Å². The second-order valence-electron chi connectivity index (χ2n) is 7.74. The molecule has 1 aliphatic rings. The zero-order chi connectivity index (χ0) is 16.4. The van der Waals surface area contributed by atoms with Crippen molar-refractivity contribution in [1.82, 2.24) is 0 Å². The van der Waals surface area contributed by atoms with Gasteiger partial charge in [0.15, 0.2) is 0 Å². The molecule has 4 heteroatoms. The molecule has 4 nitrogen and oxygen atoms in total. The highest BCUT2D eigenvalue weighted by Crippen LogP contribution is 2.59. The maximum absolute atomic E-state index is 12.1. The van der Waals surface area contributed by atoms with Crippen molar-refractivity contribution in [2.24, 2.45) is 23.2 Å². The fourth-order valence-electron chi connectivity index (χ4n) is 2.33. The molecule has 2 unspecified atom stereocenters. The van der Waals surface area contributed by atoms with Gasteiger partial charge >= 0.3 is 11.9 Å². The van der Waals surface area contributed by atoms with Crippen LogP contribution in [0.5, 0.6) is 0 Å². The van der Waals surface area contributed by atoms with Crippen LogP contribution >= 0.6 is 0 Å². The van der Waals surface area contributed by atoms with Crippen LogP contribution in [0.25, 0.3) is 0 Å². The standard InChI is InChI=1S/C17H28O4/c1-11(2)10-20-13(18)9-8-12-14(17(12,6)7)15(19)21-16(3,4)5/h8-9,11-12,14H,10H2,1-7H3. The van der Waals surface area contributed by atoms with Crippen LogP contribution in [0.3, 0.4) is 0 Å². The first-order valence-electron chi connectivity index (χ1n) is 7.53. The number of carbonyl (C=O) groups excluding carboxylic acids is 2. The monoisotopic (exact) mass is 296 g/mol. The number of hydrogen-bond acceptors (Lipinski definition) is 4. The van der Waals surface area contributed by atoms with Crippen LogP contribution < -0.4 is 0 Å². The number of rotatable bonds is 5. The molecule has 21 heavy (non-hydrogen) atoms. The summed E-state index contributed by atoms with van der Waals surface area (Å²) in [5, 5.41) is 0. The van der Waals surface area contributed by atoms with Crippen LogP contribution in [0.4, 0.5) is 0 Å². The molecule has 2 atom stereocenters. The minimum atomic E-state index is -0.486. The smallest absolute Gasteiger partial charge is 0.330 e. The van der Waals surface area contributed by atoms with Crippen molar-refractivity contribution < 1.29 is 19.1 Å². The summed E-state index contributed by atoms with van der Waals surface area (Å²) in [7, 11) is 0. The molecule has 1 rings (SSSR count). The predicted octanol–water partition coefficient (Wildman–Crippen LogP) is 3.36. The first-order chi connectivity index (χ1) is 9.45. The number of hydrogen-bond donors (Lipinski definition) is 0. The van der Waals surface area contributed by atoms with E-state index in [-0.39, 0.29) is 29.2 Å². The van der Waals surface area contributed by atoms with Crippen molar-refractivity contribution >= 4 is 11.9 Å². The van der Waals surface area contributed by atoms with E-state index in [0.717, 1.165) is 0 Å². The van der Waals surface area contributed by atoms with Crippen molar-refractivity contribution in [3.8, 4) is 0 Å². The molecule has 0 aliphatic heterocycles. The lowest BCUT2D eigenvalue weighted by molar-refractivity contribution is -0.157. The first kappa shape index (κ1) is 17.7. The summed E-state index contributed by atoms with van der Waals surface area (Å²) in [6.45, 7) is 14.0. The Hall–Kier alpha value is -1.32. The topological polar surface area (TPSA) is 52.6 Å². The molecule has 0 heterocycles. The van der Waals surface area contributed by atoms with Gasteiger partial charge in [-0.05, 0) is 38.0 Å². The Kier molecular flexibility index (Phi) is 5.24. The number of ether oxygens (including phenoxy) is 2. The Morgan fingerprint density at radius 2 is 1.81 bits per heavy atom. The molecule has 0 N–H and O–H groups in total. The van der Waals surface area contributed by atoms with E-state index in [1.54, 1.807) is 6.08 Å². The fraction of sp³-hybridized carbons (Fsp3) is 0.765. The fourth-order valence-corrected chi connectivity index (χ4v) is 2.33. The maximum atomic E-state index is 12.1. The molecule has 1 saturated carbocycles. The van der Waals surface area contributed by atoms with Crippen molar-refractivity contribution in [2.75, 3.05) is 6.61 Å². The van der Waals surface area contributed by atoms with E-state index >= 15 is 0 Å². The summed E-state index contributed by atoms with van der Waals surface area (Å²) in [6.07, 6.45) is 3.20. The number of carbonyl (C=O) groups is 2. The molecule has 120 valence electrons. The summed E-state index contributed by atoms with van der Waals surface area (Å²) in [5.41, 5.74) is -0.655. The van der Waals surface area contributed by atoms with E-state index < -0.39 is 5.60 Å². The molecule has 1 fully saturated rings. The molecule has 0 aromatic carbocycles. The summed E-state index contributed by atoms with van der Waals surface area (Å²) in [6, 6.07) is 0. The molecule has 0 bridgehead atoms. The van der Waals surface area contributed by atoms with E-state index in [1.165, 1.54) is 6.08 Å². The summed E-state index contributed by atoms with van der Waals surface area (Å²) in [4.78, 5) is 23.7. The van der Waals surface area contributed by atoms with Gasteiger partial charge in [0, 0.05) is 6.08 Å². The minimum absolute atomic E-state index is 0.0268. The van der Waals surface area contributed by atoms with Gasteiger partial charge in [-0.3, -0.25) is 4.79 Å². The van der Waals surface area contributed by atoms with Crippen LogP contribution in [0, 0.1) is 23.2 Å². The van der Waals surface area contributed by atoms with Gasteiger partial charge in [0.05, 0.1) is 12.5 Å². The maximum Gasteiger partial charge on any atom is 0.330 e. The van der Waals surface area contributed by atoms with Gasteiger partial charge in [0.25, 0.3) is 0 Å². The van der Waals surface area contributed by atoms with Gasteiger partial charge in [-0.15, -0.1) is 0 Å². The molecule has 0 radical (unpaired) electrons. The van der Waals surface area contributed by atoms with E-state index in [9.17, 15) is 9.59 Å². The third-order valence-corrected chi connectivity index (χ3v) is 3.57. The van der Waals surface area contributed by atoms with Crippen LogP contribution in [-0.4, -0.2) is 24.1 Å². The lowest BCUT2D eigenvalue weighted by Crippen LogP contribution is -2.26. The summed E-state index contributed by atoms with van der Waals surface area (Å²) < 4.78 is 10.5. The molecule has 0 saturated heterocycles. The zero-order valence-electron chi connectivity index (χ0n) is 14.2. The van der Waals surface area contributed by atoms with E-state index in [0.29, 0.717) is 12.5 Å². The van der Waals surface area contributed by atoms with Crippen molar-refractivity contribution in [1.29, 1.82) is 0 Å². The van der Waals surface area contributed by atoms with Crippen molar-refractivity contribution in [3.63, 3.8) is 0 Å². The van der Waals surface area contributed by atoms with Crippen LogP contribution in [0.15, 0.2) is 12.2 Å². The van der Waals surface area contributed by atoms with Crippen LogP contribution in [0.2, 0.25) is 0 Å². The Bertz CT molecular complexity index is 427. The second-order valence-corrected chi connectivity index (χ2v) is 7.74. The lowest BCUT2D eigenvalue weighted by atomic mass is 10.1. The summed E-state index contributed by atoms with van der Waals surface area (Å²) >= 11 is 0. The highest BCUT2D eigenvalue weighted by atomic mass is 16.6. The third kappa shape index (κ3) is 5.18. The van der Waals surface area contributed by atoms with Crippen LogP contribution in [-0.2, 0) is 19.1 Å². The number of allylic oxidation sites excluding steroid dienone is 1. The molecule has 1 aliphatic carbocycles. The zero-order valence-corrected chi connectivity index (χ0v) is 14.2. The molecular formula is C17H28O4. The normalized spacial score (nSPS) is 24.2. The van der Waals surface area contributed by atoms with E-state index in [4.69, 9.17) is 9.47 Å². The SMILES string of the molecule is CC(C)COC(=O)C=CC1C(C(=O)OC(C)(C)C)C1(C)C. The molecule has 0 aromatic rings. The Morgan fingerprint density at radius 3 is 2.29 bits per heavy atom. The number of esters is 2. The van der Waals surface area contributed by atoms with Gasteiger partial charge in [0.2, 0.25) is 0 Å². The van der Waals surface area contributed by atoms with E-state index in [2.05, 4.69) is 0 Å². The minimum Gasteiger partial charge on any atom is -0.462 e. The Balaban J connectivity index is 2.56. The van der Waals surface area contributed by atoms with E-state index in [1.807, 2.05) is 48.5 Å². The lowest BCUT2D eigenvalue weighted by Gasteiger charge is -2.19. The quantitative estimate of drug-likeness (QED) is 0.576. The van der Waals surface area contributed by atoms with Crippen LogP contribution in [0.1, 0.15) is 48.5 Å².